The van der Waals surface area contributed by atoms with Crippen molar-refractivity contribution in [1.82, 2.24) is 0 Å². The Morgan fingerprint density at radius 2 is 1.35 bits per heavy atom. The zero-order chi connectivity index (χ0) is 18.1. The third-order valence-corrected chi connectivity index (χ3v) is 4.20. The van der Waals surface area contributed by atoms with Crippen LogP contribution in [0.3, 0.4) is 0 Å². The summed E-state index contributed by atoms with van der Waals surface area (Å²) in [5.41, 5.74) is 0.990. The van der Waals surface area contributed by atoms with Crippen LogP contribution in [0.4, 0.5) is 10.1 Å². The van der Waals surface area contributed by atoms with E-state index in [0.29, 0.717) is 11.1 Å². The van der Waals surface area contributed by atoms with E-state index in [1.54, 1.807) is 65.5 Å². The monoisotopic (exact) mass is 345 g/mol. The minimum absolute atomic E-state index is 0.0509. The van der Waals surface area contributed by atoms with Gasteiger partial charge in [-0.05, 0) is 12.1 Å². The predicted molar refractivity (Wildman–Crippen MR) is 95.0 cm³/mol. The van der Waals surface area contributed by atoms with Gasteiger partial charge < -0.3 is 5.32 Å². The number of carbonyl (C=O) groups is 2. The summed E-state index contributed by atoms with van der Waals surface area (Å²) < 4.78 is 15.7. The zero-order valence-electron chi connectivity index (χ0n) is 13.6. The number of nitrogens with one attached hydrogen (secondary N) is 1. The number of para-hydroxylation sites is 1. The molecule has 1 aliphatic rings. The van der Waals surface area contributed by atoms with E-state index in [2.05, 4.69) is 5.32 Å². The van der Waals surface area contributed by atoms with Crippen molar-refractivity contribution in [3.8, 4) is 0 Å². The largest absolute Gasteiger partial charge is 0.344 e. The van der Waals surface area contributed by atoms with Gasteiger partial charge in [0.15, 0.2) is 18.1 Å². The normalized spacial score (nSPS) is 13.6. The van der Waals surface area contributed by atoms with Crippen LogP contribution in [0.5, 0.6) is 0 Å². The molecule has 0 bridgehead atoms. The second-order valence-corrected chi connectivity index (χ2v) is 5.82. The number of aromatic nitrogens is 1. The van der Waals surface area contributed by atoms with E-state index in [-0.39, 0.29) is 28.6 Å². The number of allylic oxidation sites excluding steroid dienone is 2. The molecular weight excluding hydrogens is 331 g/mol. The summed E-state index contributed by atoms with van der Waals surface area (Å²) in [5.74, 6) is -1.15. The Kier molecular flexibility index (Phi) is 3.89. The van der Waals surface area contributed by atoms with Gasteiger partial charge in [0, 0.05) is 23.3 Å². The van der Waals surface area contributed by atoms with Gasteiger partial charge >= 0.3 is 0 Å². The lowest BCUT2D eigenvalue weighted by molar-refractivity contribution is -0.577. The third kappa shape index (κ3) is 2.59. The lowest BCUT2D eigenvalue weighted by Gasteiger charge is -2.18. The van der Waals surface area contributed by atoms with Gasteiger partial charge in [-0.2, -0.15) is 4.57 Å². The first-order chi connectivity index (χ1) is 12.7. The van der Waals surface area contributed by atoms with Gasteiger partial charge in [-0.15, -0.1) is 0 Å². The number of anilines is 1. The molecule has 5 heteroatoms. The maximum absolute atomic E-state index is 14.1. The van der Waals surface area contributed by atoms with Gasteiger partial charge in [0.05, 0.1) is 5.69 Å². The van der Waals surface area contributed by atoms with Crippen molar-refractivity contribution in [3.05, 3.63) is 102 Å². The van der Waals surface area contributed by atoms with E-state index >= 15 is 0 Å². The number of fused-ring (bicyclic) bond motifs is 1. The van der Waals surface area contributed by atoms with Crippen LogP contribution in [0.1, 0.15) is 20.7 Å². The quantitative estimate of drug-likeness (QED) is 0.740. The van der Waals surface area contributed by atoms with E-state index in [0.717, 1.165) is 0 Å². The Morgan fingerprint density at radius 1 is 0.731 bits per heavy atom. The first-order valence-corrected chi connectivity index (χ1v) is 8.08. The van der Waals surface area contributed by atoms with Crippen LogP contribution in [0.25, 0.3) is 5.70 Å². The van der Waals surface area contributed by atoms with E-state index in [1.807, 2.05) is 6.07 Å². The van der Waals surface area contributed by atoms with Crippen LogP contribution in [0.15, 0.2) is 84.8 Å². The van der Waals surface area contributed by atoms with E-state index in [9.17, 15) is 14.0 Å². The molecule has 0 spiro atoms. The number of pyridine rings is 1. The highest BCUT2D eigenvalue weighted by atomic mass is 19.1. The molecule has 3 aromatic rings. The van der Waals surface area contributed by atoms with E-state index in [4.69, 9.17) is 0 Å². The van der Waals surface area contributed by atoms with Crippen molar-refractivity contribution in [1.29, 1.82) is 0 Å². The second-order valence-electron chi connectivity index (χ2n) is 5.82. The summed E-state index contributed by atoms with van der Waals surface area (Å²) in [6.45, 7) is 0. The molecule has 0 fully saturated rings. The fraction of sp³-hybridized carbons (Fsp3) is 0. The highest BCUT2D eigenvalue weighted by molar-refractivity contribution is 6.36. The van der Waals surface area contributed by atoms with Crippen LogP contribution in [-0.2, 0) is 0 Å². The fourth-order valence-corrected chi connectivity index (χ4v) is 2.97. The fourth-order valence-electron chi connectivity index (χ4n) is 2.97. The topological polar surface area (TPSA) is 50.1 Å². The summed E-state index contributed by atoms with van der Waals surface area (Å²) in [7, 11) is 0. The van der Waals surface area contributed by atoms with Crippen LogP contribution in [-0.4, -0.2) is 11.6 Å². The summed E-state index contributed by atoms with van der Waals surface area (Å²) in [5, 5.41) is 2.83. The standard InChI is InChI=1S/C21H13FN2O2/c22-16-10-4-5-11-17(16)23-18-19(24-12-6-1-7-13-24)21(26)15-9-3-2-8-14(15)20(18)25/h1-13H/p+1. The van der Waals surface area contributed by atoms with Crippen LogP contribution >= 0.6 is 0 Å². The van der Waals surface area contributed by atoms with Crippen LogP contribution in [0.2, 0.25) is 0 Å². The molecular formula is C21H14FN2O2+. The molecule has 26 heavy (non-hydrogen) atoms. The van der Waals surface area contributed by atoms with Crippen LogP contribution in [0, 0.1) is 5.82 Å². The number of benzene rings is 2. The van der Waals surface area contributed by atoms with Gasteiger partial charge in [-0.3, -0.25) is 9.59 Å². The number of ketones is 2. The van der Waals surface area contributed by atoms with Crippen molar-refractivity contribution < 1.29 is 18.5 Å². The van der Waals surface area contributed by atoms with E-state index < -0.39 is 5.82 Å². The zero-order valence-corrected chi connectivity index (χ0v) is 13.6. The number of carbonyl (C=O) groups excluding carboxylic acids is 2. The minimum atomic E-state index is -0.503. The number of hydrogen-bond acceptors (Lipinski definition) is 3. The molecule has 2 aromatic carbocycles. The molecule has 0 saturated carbocycles. The Balaban J connectivity index is 1.94. The number of nitrogens with zero attached hydrogens (tertiary/aromatic N) is 1. The molecule has 4 rings (SSSR count). The molecule has 0 atom stereocenters. The minimum Gasteiger partial charge on any atom is -0.344 e. The van der Waals surface area contributed by atoms with Gasteiger partial charge in [-0.25, -0.2) is 4.39 Å². The summed E-state index contributed by atoms with van der Waals surface area (Å²) in [6, 6.07) is 18.0. The van der Waals surface area contributed by atoms with Crippen molar-refractivity contribution in [2.75, 3.05) is 5.32 Å². The first kappa shape index (κ1) is 15.9. The maximum Gasteiger partial charge on any atom is 0.286 e. The van der Waals surface area contributed by atoms with Crippen molar-refractivity contribution in [3.63, 3.8) is 0 Å². The molecule has 4 nitrogen and oxygen atoms in total. The summed E-state index contributed by atoms with van der Waals surface area (Å²) >= 11 is 0. The highest BCUT2D eigenvalue weighted by Crippen LogP contribution is 2.28. The van der Waals surface area contributed by atoms with Gasteiger partial charge in [-0.1, -0.05) is 42.5 Å². The van der Waals surface area contributed by atoms with Gasteiger partial charge in [0.25, 0.3) is 11.5 Å². The average molecular weight is 345 g/mol. The lowest BCUT2D eigenvalue weighted by Crippen LogP contribution is -2.41. The molecule has 0 radical (unpaired) electrons. The Labute approximate surface area is 149 Å². The second kappa shape index (κ2) is 6.37. The third-order valence-electron chi connectivity index (χ3n) is 4.20. The Bertz CT molecular complexity index is 1060. The molecule has 1 aromatic heterocycles. The van der Waals surface area contributed by atoms with Gasteiger partial charge in [0.1, 0.15) is 5.82 Å². The first-order valence-electron chi connectivity index (χ1n) is 8.08. The average Bonchev–Trinajstić information content (AvgIpc) is 2.68. The smallest absolute Gasteiger partial charge is 0.286 e. The summed E-state index contributed by atoms with van der Waals surface area (Å²) in [4.78, 5) is 26.1. The van der Waals surface area contributed by atoms with E-state index in [1.165, 1.54) is 12.1 Å². The molecule has 0 unspecified atom stereocenters. The van der Waals surface area contributed by atoms with Crippen molar-refractivity contribution in [2.45, 2.75) is 0 Å². The number of halogens is 1. The SMILES string of the molecule is O=C1C(Nc2ccccc2F)=C([n+]2ccccc2)C(=O)c2ccccc21. The summed E-state index contributed by atoms with van der Waals surface area (Å²) in [6.07, 6.45) is 3.36. The molecule has 0 aliphatic heterocycles. The number of rotatable bonds is 3. The molecule has 126 valence electrons. The molecule has 0 saturated heterocycles. The molecule has 0 amide bonds. The van der Waals surface area contributed by atoms with Crippen LogP contribution < -0.4 is 9.88 Å². The molecule has 1 heterocycles. The highest BCUT2D eigenvalue weighted by Gasteiger charge is 2.38. The number of Topliss-reactive ketones (excluding diaryl/α,β-unsaturated/α-hetero) is 2. The Hall–Kier alpha value is -3.60. The van der Waals surface area contributed by atoms with Gasteiger partial charge in [0.2, 0.25) is 5.78 Å². The molecule has 1 aliphatic carbocycles. The maximum atomic E-state index is 14.1. The number of hydrogen-bond donors (Lipinski definition) is 1. The lowest BCUT2D eigenvalue weighted by atomic mass is 9.90. The van der Waals surface area contributed by atoms with Crippen molar-refractivity contribution >= 4 is 23.0 Å². The Morgan fingerprint density at radius 3 is 2.04 bits per heavy atom. The molecule has 1 N–H and O–H groups in total. The predicted octanol–water partition coefficient (Wildman–Crippen LogP) is 3.47. The van der Waals surface area contributed by atoms with Crippen molar-refractivity contribution in [2.24, 2.45) is 0 Å².